The molecule has 0 aliphatic rings. The number of benzene rings is 1. The molecule has 0 saturated carbocycles. The van der Waals surface area contributed by atoms with Crippen LogP contribution in [-0.4, -0.2) is 27.0 Å². The Kier molecular flexibility index (Phi) is 5.43. The molecular formula is C12H15Cl2NO4S. The molecule has 0 amide bonds. The van der Waals surface area contributed by atoms with Crippen molar-refractivity contribution in [3.05, 3.63) is 33.8 Å². The molecule has 0 aliphatic carbocycles. The molecule has 0 aliphatic heterocycles. The first kappa shape index (κ1) is 17.2. The number of carbonyl (C=O) groups is 1. The summed E-state index contributed by atoms with van der Waals surface area (Å²) in [5, 5.41) is 0.665. The molecule has 112 valence electrons. The van der Waals surface area contributed by atoms with Gasteiger partial charge in [-0.2, -0.15) is 4.72 Å². The van der Waals surface area contributed by atoms with E-state index in [1.165, 1.54) is 33.1 Å². The molecule has 1 aromatic carbocycles. The highest BCUT2D eigenvalue weighted by atomic mass is 35.5. The molecule has 0 atom stereocenters. The second-order valence-corrected chi connectivity index (χ2v) is 7.28. The first-order valence-corrected chi connectivity index (χ1v) is 8.02. The summed E-state index contributed by atoms with van der Waals surface area (Å²) in [6.07, 6.45) is 0. The van der Waals surface area contributed by atoms with Crippen molar-refractivity contribution in [1.82, 2.24) is 4.72 Å². The summed E-state index contributed by atoms with van der Waals surface area (Å²) >= 11 is 11.7. The predicted octanol–water partition coefficient (Wildman–Crippen LogP) is 2.36. The Hall–Kier alpha value is -0.820. The van der Waals surface area contributed by atoms with Crippen LogP contribution in [-0.2, 0) is 25.3 Å². The van der Waals surface area contributed by atoms with Crippen LogP contribution < -0.4 is 4.72 Å². The third kappa shape index (κ3) is 4.63. The Bertz CT molecular complexity index is 614. The van der Waals surface area contributed by atoms with E-state index < -0.39 is 21.5 Å². The Balaban J connectivity index is 2.93. The Labute approximate surface area is 128 Å². The molecule has 0 radical (unpaired) electrons. The van der Waals surface area contributed by atoms with Crippen molar-refractivity contribution in [1.29, 1.82) is 0 Å². The van der Waals surface area contributed by atoms with Crippen molar-refractivity contribution in [3.63, 3.8) is 0 Å². The standard InChI is InChI=1S/C12H15Cl2NO4S/c1-12(2,11(16)19-3)15-20(17,18)7-8-4-5-9(13)6-10(8)14/h4-6,15H,7H2,1-3H3. The fourth-order valence-electron chi connectivity index (χ4n) is 1.57. The predicted molar refractivity (Wildman–Crippen MR) is 78.3 cm³/mol. The van der Waals surface area contributed by atoms with Gasteiger partial charge in [0, 0.05) is 10.0 Å². The second-order valence-electron chi connectivity index (χ2n) is 4.71. The van der Waals surface area contributed by atoms with E-state index in [0.29, 0.717) is 10.6 Å². The smallest absolute Gasteiger partial charge is 0.326 e. The fourth-order valence-corrected chi connectivity index (χ4v) is 3.71. The molecule has 0 spiro atoms. The van der Waals surface area contributed by atoms with Crippen molar-refractivity contribution < 1.29 is 17.9 Å². The lowest BCUT2D eigenvalue weighted by molar-refractivity contribution is -0.146. The lowest BCUT2D eigenvalue weighted by Crippen LogP contribution is -2.50. The topological polar surface area (TPSA) is 72.5 Å². The van der Waals surface area contributed by atoms with Gasteiger partial charge in [-0.05, 0) is 31.5 Å². The van der Waals surface area contributed by atoms with Crippen LogP contribution in [0.15, 0.2) is 18.2 Å². The summed E-state index contributed by atoms with van der Waals surface area (Å²) in [5.41, 5.74) is -0.962. The van der Waals surface area contributed by atoms with E-state index >= 15 is 0 Å². The van der Waals surface area contributed by atoms with Gasteiger partial charge in [-0.25, -0.2) is 8.42 Å². The lowest BCUT2D eigenvalue weighted by atomic mass is 10.1. The van der Waals surface area contributed by atoms with Gasteiger partial charge in [0.25, 0.3) is 0 Å². The lowest BCUT2D eigenvalue weighted by Gasteiger charge is -2.23. The highest BCUT2D eigenvalue weighted by Crippen LogP contribution is 2.23. The zero-order valence-corrected chi connectivity index (χ0v) is 13.6. The number of sulfonamides is 1. The van der Waals surface area contributed by atoms with Gasteiger partial charge in [0.15, 0.2) is 0 Å². The Morgan fingerprint density at radius 1 is 1.35 bits per heavy atom. The minimum absolute atomic E-state index is 0.249. The molecule has 20 heavy (non-hydrogen) atoms. The Morgan fingerprint density at radius 2 is 1.95 bits per heavy atom. The minimum atomic E-state index is -3.76. The highest BCUT2D eigenvalue weighted by molar-refractivity contribution is 7.88. The van der Waals surface area contributed by atoms with Crippen LogP contribution in [0.25, 0.3) is 0 Å². The zero-order chi connectivity index (χ0) is 15.6. The van der Waals surface area contributed by atoms with Gasteiger partial charge in [0.05, 0.1) is 12.9 Å². The minimum Gasteiger partial charge on any atom is -0.468 e. The van der Waals surface area contributed by atoms with Gasteiger partial charge >= 0.3 is 5.97 Å². The van der Waals surface area contributed by atoms with Crippen molar-refractivity contribution >= 4 is 39.2 Å². The number of nitrogens with one attached hydrogen (secondary N) is 1. The molecule has 5 nitrogen and oxygen atoms in total. The van der Waals surface area contributed by atoms with Crippen LogP contribution in [0.3, 0.4) is 0 Å². The third-order valence-electron chi connectivity index (χ3n) is 2.47. The first-order valence-electron chi connectivity index (χ1n) is 5.61. The van der Waals surface area contributed by atoms with Crippen LogP contribution in [0.1, 0.15) is 19.4 Å². The number of methoxy groups -OCH3 is 1. The fraction of sp³-hybridized carbons (Fsp3) is 0.417. The van der Waals surface area contributed by atoms with Crippen molar-refractivity contribution in [2.75, 3.05) is 7.11 Å². The Morgan fingerprint density at radius 3 is 2.45 bits per heavy atom. The third-order valence-corrected chi connectivity index (χ3v) is 4.57. The van der Waals surface area contributed by atoms with Crippen LogP contribution >= 0.6 is 23.2 Å². The molecular weight excluding hydrogens is 325 g/mol. The molecule has 0 fully saturated rings. The molecule has 0 bridgehead atoms. The van der Waals surface area contributed by atoms with Gasteiger partial charge in [0.1, 0.15) is 5.54 Å². The number of hydrogen-bond acceptors (Lipinski definition) is 4. The molecule has 0 heterocycles. The highest BCUT2D eigenvalue weighted by Gasteiger charge is 2.33. The van der Waals surface area contributed by atoms with Crippen LogP contribution in [0.4, 0.5) is 0 Å². The number of ether oxygens (including phenoxy) is 1. The number of carbonyl (C=O) groups excluding carboxylic acids is 1. The van der Waals surface area contributed by atoms with Gasteiger partial charge in [-0.1, -0.05) is 29.3 Å². The number of esters is 1. The summed E-state index contributed by atoms with van der Waals surface area (Å²) < 4.78 is 30.9. The molecule has 0 saturated heterocycles. The summed E-state index contributed by atoms with van der Waals surface area (Å²) in [6, 6.07) is 4.53. The maximum atomic E-state index is 12.1. The second kappa shape index (κ2) is 6.30. The molecule has 8 heteroatoms. The molecule has 1 aromatic rings. The van der Waals surface area contributed by atoms with Gasteiger partial charge in [-0.3, -0.25) is 4.79 Å². The summed E-state index contributed by atoms with van der Waals surface area (Å²) in [5.74, 6) is -1.04. The number of hydrogen-bond donors (Lipinski definition) is 1. The van der Waals surface area contributed by atoms with Crippen LogP contribution in [0, 0.1) is 0 Å². The summed E-state index contributed by atoms with van der Waals surface area (Å²) in [4.78, 5) is 11.5. The zero-order valence-electron chi connectivity index (χ0n) is 11.2. The van der Waals surface area contributed by atoms with E-state index in [1.54, 1.807) is 6.07 Å². The normalized spacial score (nSPS) is 12.2. The molecule has 0 unspecified atom stereocenters. The first-order chi connectivity index (χ1) is 9.07. The SMILES string of the molecule is COC(=O)C(C)(C)NS(=O)(=O)Cc1ccc(Cl)cc1Cl. The quantitative estimate of drug-likeness (QED) is 0.836. The summed E-state index contributed by atoms with van der Waals surface area (Å²) in [6.45, 7) is 2.83. The van der Waals surface area contributed by atoms with Crippen LogP contribution in [0.5, 0.6) is 0 Å². The van der Waals surface area contributed by atoms with E-state index in [9.17, 15) is 13.2 Å². The average Bonchev–Trinajstić information content (AvgIpc) is 2.30. The molecule has 0 aromatic heterocycles. The van der Waals surface area contributed by atoms with Gasteiger partial charge < -0.3 is 4.74 Å². The van der Waals surface area contributed by atoms with Crippen molar-refractivity contribution in [2.45, 2.75) is 25.1 Å². The average molecular weight is 340 g/mol. The monoisotopic (exact) mass is 339 g/mol. The molecule has 1 N–H and O–H groups in total. The van der Waals surface area contributed by atoms with E-state index in [2.05, 4.69) is 9.46 Å². The van der Waals surface area contributed by atoms with Gasteiger partial charge in [-0.15, -0.1) is 0 Å². The van der Waals surface area contributed by atoms with E-state index in [4.69, 9.17) is 23.2 Å². The summed E-state index contributed by atoms with van der Waals surface area (Å²) in [7, 11) is -2.57. The number of rotatable bonds is 5. The maximum absolute atomic E-state index is 12.1. The van der Waals surface area contributed by atoms with Crippen molar-refractivity contribution in [2.24, 2.45) is 0 Å². The van der Waals surface area contributed by atoms with E-state index in [-0.39, 0.29) is 10.8 Å². The molecule has 1 rings (SSSR count). The van der Waals surface area contributed by atoms with E-state index in [0.717, 1.165) is 0 Å². The van der Waals surface area contributed by atoms with Gasteiger partial charge in [0.2, 0.25) is 10.0 Å². The van der Waals surface area contributed by atoms with E-state index in [1.807, 2.05) is 0 Å². The largest absolute Gasteiger partial charge is 0.468 e. The number of halogens is 2. The van der Waals surface area contributed by atoms with Crippen LogP contribution in [0.2, 0.25) is 10.0 Å². The van der Waals surface area contributed by atoms with Crippen molar-refractivity contribution in [3.8, 4) is 0 Å². The maximum Gasteiger partial charge on any atom is 0.326 e.